The summed E-state index contributed by atoms with van der Waals surface area (Å²) in [5.41, 5.74) is 10.5. The first kappa shape index (κ1) is 24.4. The number of nitriles is 1. The molecule has 0 radical (unpaired) electrons. The number of carbonyl (C=O) groups is 1. The lowest BCUT2D eigenvalue weighted by Gasteiger charge is -2.26. The third-order valence-electron chi connectivity index (χ3n) is 6.68. The molecule has 1 aliphatic rings. The Kier molecular flexibility index (Phi) is 7.76. The molecular weight excluding hydrogens is 436 g/mol. The molecule has 35 heavy (non-hydrogen) atoms. The van der Waals surface area contributed by atoms with Crippen LogP contribution in [-0.2, 0) is 6.54 Å². The summed E-state index contributed by atoms with van der Waals surface area (Å²) in [6.45, 7) is 9.47. The normalized spacial score (nSPS) is 15.8. The van der Waals surface area contributed by atoms with Gasteiger partial charge in [0, 0.05) is 43.0 Å². The lowest BCUT2D eigenvalue weighted by Crippen LogP contribution is -2.37. The van der Waals surface area contributed by atoms with Crippen molar-refractivity contribution in [2.75, 3.05) is 37.2 Å². The number of pyridine rings is 1. The zero-order chi connectivity index (χ0) is 24.8. The molecule has 0 spiro atoms. The molecule has 0 bridgehead atoms. The van der Waals surface area contributed by atoms with Crippen LogP contribution in [0.25, 0.3) is 11.3 Å². The Labute approximate surface area is 207 Å². The molecule has 2 aromatic carbocycles. The summed E-state index contributed by atoms with van der Waals surface area (Å²) >= 11 is 0. The lowest BCUT2D eigenvalue weighted by molar-refractivity contribution is 0.102. The van der Waals surface area contributed by atoms with E-state index in [1.807, 2.05) is 36.5 Å². The predicted octanol–water partition coefficient (Wildman–Crippen LogP) is 4.37. The Morgan fingerprint density at radius 3 is 2.63 bits per heavy atom. The van der Waals surface area contributed by atoms with Gasteiger partial charge >= 0.3 is 0 Å². The number of nitrogens with two attached hydrogens (primary N) is 1. The zero-order valence-electron chi connectivity index (χ0n) is 20.4. The van der Waals surface area contributed by atoms with Gasteiger partial charge in [-0.2, -0.15) is 5.26 Å². The summed E-state index contributed by atoms with van der Waals surface area (Å²) in [5, 5.41) is 12.6. The molecule has 3 aromatic rings. The quantitative estimate of drug-likeness (QED) is 0.477. The fourth-order valence-corrected chi connectivity index (χ4v) is 4.75. The number of rotatable bonds is 8. The van der Waals surface area contributed by atoms with Gasteiger partial charge in [-0.3, -0.25) is 19.6 Å². The Morgan fingerprint density at radius 2 is 1.94 bits per heavy atom. The Hall–Kier alpha value is -3.73. The van der Waals surface area contributed by atoms with Crippen molar-refractivity contribution in [1.29, 1.82) is 5.26 Å². The van der Waals surface area contributed by atoms with Crippen LogP contribution in [0.5, 0.6) is 0 Å². The molecule has 0 aliphatic carbocycles. The highest BCUT2D eigenvalue weighted by molar-refractivity contribution is 6.05. The summed E-state index contributed by atoms with van der Waals surface area (Å²) < 4.78 is 0. The fraction of sp³-hybridized carbons (Fsp3) is 0.321. The van der Waals surface area contributed by atoms with Gasteiger partial charge in [0.1, 0.15) is 6.07 Å². The van der Waals surface area contributed by atoms with E-state index in [0.717, 1.165) is 43.9 Å². The minimum absolute atomic E-state index is 0.244. The van der Waals surface area contributed by atoms with Crippen molar-refractivity contribution in [1.82, 2.24) is 14.8 Å². The molecule has 4 rings (SSSR count). The van der Waals surface area contributed by atoms with E-state index in [0.29, 0.717) is 34.2 Å². The molecule has 1 saturated heterocycles. The van der Waals surface area contributed by atoms with Crippen LogP contribution in [-0.4, -0.2) is 52.9 Å². The highest BCUT2D eigenvalue weighted by Crippen LogP contribution is 2.25. The van der Waals surface area contributed by atoms with Gasteiger partial charge in [0.15, 0.2) is 0 Å². The van der Waals surface area contributed by atoms with E-state index in [-0.39, 0.29) is 5.91 Å². The number of nitrogen functional groups attached to an aromatic ring is 1. The van der Waals surface area contributed by atoms with Gasteiger partial charge in [0.05, 0.1) is 22.6 Å². The fourth-order valence-electron chi connectivity index (χ4n) is 4.75. The number of amides is 1. The molecule has 1 atom stereocenters. The topological polar surface area (TPSA) is 98.3 Å². The molecule has 1 fully saturated rings. The number of hydrogen-bond acceptors (Lipinski definition) is 6. The molecule has 1 unspecified atom stereocenters. The number of hydrogen-bond donors (Lipinski definition) is 2. The SMILES string of the molecule is CCN(CC)C1CCN(Cc2cnc(-c3ccc(C(=O)Nc4ccccc4N)cc3)c(C#N)c2)C1. The zero-order valence-corrected chi connectivity index (χ0v) is 20.4. The van der Waals surface area contributed by atoms with Crippen LogP contribution in [0.2, 0.25) is 0 Å². The molecule has 180 valence electrons. The average Bonchev–Trinajstić information content (AvgIpc) is 3.34. The monoisotopic (exact) mass is 468 g/mol. The van der Waals surface area contributed by atoms with Crippen LogP contribution in [0, 0.1) is 11.3 Å². The van der Waals surface area contributed by atoms with Crippen LogP contribution in [0.3, 0.4) is 0 Å². The van der Waals surface area contributed by atoms with Gasteiger partial charge in [0.2, 0.25) is 0 Å². The Morgan fingerprint density at radius 1 is 1.20 bits per heavy atom. The third kappa shape index (κ3) is 5.68. The molecule has 0 saturated carbocycles. The number of anilines is 2. The largest absolute Gasteiger partial charge is 0.397 e. The van der Waals surface area contributed by atoms with E-state index < -0.39 is 0 Å². The van der Waals surface area contributed by atoms with Gasteiger partial charge in [-0.15, -0.1) is 0 Å². The van der Waals surface area contributed by atoms with Crippen molar-refractivity contribution in [3.05, 3.63) is 77.5 Å². The summed E-state index contributed by atoms with van der Waals surface area (Å²) in [6, 6.07) is 19.1. The first-order chi connectivity index (χ1) is 17.0. The second kappa shape index (κ2) is 11.1. The van der Waals surface area contributed by atoms with Gasteiger partial charge < -0.3 is 11.1 Å². The molecule has 3 N–H and O–H groups in total. The number of benzene rings is 2. The van der Waals surface area contributed by atoms with E-state index in [9.17, 15) is 10.1 Å². The third-order valence-corrected chi connectivity index (χ3v) is 6.68. The molecule has 1 amide bonds. The molecular formula is C28H32N6O. The van der Waals surface area contributed by atoms with Crippen LogP contribution >= 0.6 is 0 Å². The summed E-state index contributed by atoms with van der Waals surface area (Å²) in [7, 11) is 0. The highest BCUT2D eigenvalue weighted by Gasteiger charge is 2.26. The smallest absolute Gasteiger partial charge is 0.255 e. The summed E-state index contributed by atoms with van der Waals surface area (Å²) in [5.74, 6) is -0.244. The van der Waals surface area contributed by atoms with Gasteiger partial charge in [0.25, 0.3) is 5.91 Å². The number of aromatic nitrogens is 1. The van der Waals surface area contributed by atoms with Crippen molar-refractivity contribution in [2.45, 2.75) is 32.9 Å². The second-order valence-electron chi connectivity index (χ2n) is 8.87. The van der Waals surface area contributed by atoms with Crippen molar-refractivity contribution in [2.24, 2.45) is 0 Å². The number of nitrogens with one attached hydrogen (secondary N) is 1. The number of nitrogens with zero attached hydrogens (tertiary/aromatic N) is 4. The number of likely N-dealkylation sites (tertiary alicyclic amines) is 1. The van der Waals surface area contributed by atoms with E-state index >= 15 is 0 Å². The Bertz CT molecular complexity index is 1210. The van der Waals surface area contributed by atoms with Gasteiger partial charge in [-0.1, -0.05) is 38.1 Å². The minimum atomic E-state index is -0.244. The number of para-hydroxylation sites is 2. The molecule has 7 nitrogen and oxygen atoms in total. The van der Waals surface area contributed by atoms with Crippen molar-refractivity contribution in [3.63, 3.8) is 0 Å². The van der Waals surface area contributed by atoms with Crippen molar-refractivity contribution < 1.29 is 4.79 Å². The van der Waals surface area contributed by atoms with Gasteiger partial charge in [-0.05, 0) is 55.4 Å². The maximum Gasteiger partial charge on any atom is 0.255 e. The first-order valence-corrected chi connectivity index (χ1v) is 12.1. The van der Waals surface area contributed by atoms with E-state index in [1.165, 1.54) is 6.42 Å². The standard InChI is InChI=1S/C28H32N6O/c1-3-34(4-2)24-13-14-33(19-24)18-20-15-23(16-29)27(31-17-20)21-9-11-22(12-10-21)28(35)32-26-8-6-5-7-25(26)30/h5-12,15,17,24H,3-4,13-14,18-19,30H2,1-2H3,(H,32,35). The maximum atomic E-state index is 12.6. The van der Waals surface area contributed by atoms with Crippen LogP contribution in [0.1, 0.15) is 41.8 Å². The van der Waals surface area contributed by atoms with E-state index in [4.69, 9.17) is 5.73 Å². The molecule has 7 heteroatoms. The molecule has 1 aliphatic heterocycles. The van der Waals surface area contributed by atoms with Crippen LogP contribution in [0.4, 0.5) is 11.4 Å². The second-order valence-corrected chi connectivity index (χ2v) is 8.87. The summed E-state index contributed by atoms with van der Waals surface area (Å²) in [4.78, 5) is 22.2. The van der Waals surface area contributed by atoms with Gasteiger partial charge in [-0.25, -0.2) is 0 Å². The molecule has 1 aromatic heterocycles. The average molecular weight is 469 g/mol. The van der Waals surface area contributed by atoms with Crippen LogP contribution < -0.4 is 11.1 Å². The number of carbonyl (C=O) groups excluding carboxylic acids is 1. The van der Waals surface area contributed by atoms with E-state index in [2.05, 4.69) is 40.0 Å². The summed E-state index contributed by atoms with van der Waals surface area (Å²) in [6.07, 6.45) is 3.04. The maximum absolute atomic E-state index is 12.6. The van der Waals surface area contributed by atoms with Crippen molar-refractivity contribution in [3.8, 4) is 17.3 Å². The minimum Gasteiger partial charge on any atom is -0.397 e. The Balaban J connectivity index is 1.44. The molecule has 2 heterocycles. The highest BCUT2D eigenvalue weighted by atomic mass is 16.1. The first-order valence-electron chi connectivity index (χ1n) is 12.1. The van der Waals surface area contributed by atoms with E-state index in [1.54, 1.807) is 24.3 Å². The number of likely N-dealkylation sites (N-methyl/N-ethyl adjacent to an activating group) is 1. The predicted molar refractivity (Wildman–Crippen MR) is 140 cm³/mol. The van der Waals surface area contributed by atoms with Crippen LogP contribution in [0.15, 0.2) is 60.8 Å². The van der Waals surface area contributed by atoms with Crippen molar-refractivity contribution >= 4 is 17.3 Å². The lowest BCUT2D eigenvalue weighted by atomic mass is 10.0.